The summed E-state index contributed by atoms with van der Waals surface area (Å²) in [5, 5.41) is 0. The third kappa shape index (κ3) is 3.95. The van der Waals surface area contributed by atoms with Gasteiger partial charge in [-0.3, -0.25) is 9.78 Å². The van der Waals surface area contributed by atoms with Crippen molar-refractivity contribution in [2.45, 2.75) is 19.4 Å². The second-order valence-corrected chi connectivity index (χ2v) is 4.02. The molecule has 0 radical (unpaired) electrons. The maximum atomic E-state index is 10.8. The summed E-state index contributed by atoms with van der Waals surface area (Å²) in [6, 6.07) is 3.15. The first kappa shape index (κ1) is 11.5. The van der Waals surface area contributed by atoms with Crippen LogP contribution in [0.5, 0.6) is 5.75 Å². The zero-order chi connectivity index (χ0) is 11.5. The van der Waals surface area contributed by atoms with E-state index in [-0.39, 0.29) is 5.69 Å². The molecule has 1 rings (SSSR count). The van der Waals surface area contributed by atoms with Gasteiger partial charge in [0.1, 0.15) is 18.1 Å². The molecule has 5 heteroatoms. The predicted octanol–water partition coefficient (Wildman–Crippen LogP) is 0.297. The normalized spacial score (nSPS) is 11.1. The Bertz CT molecular complexity index is 358. The number of ether oxygens (including phenoxy) is 1. The fourth-order valence-electron chi connectivity index (χ4n) is 0.905. The molecule has 0 bridgehead atoms. The fourth-order valence-corrected chi connectivity index (χ4v) is 0.905. The fraction of sp³-hybridized carbons (Fsp3) is 0.400. The number of rotatable bonds is 4. The number of carbonyl (C=O) groups is 1. The molecule has 0 fully saturated rings. The Morgan fingerprint density at radius 3 is 2.80 bits per heavy atom. The summed E-state index contributed by atoms with van der Waals surface area (Å²) in [6.07, 6.45) is 1.47. The highest BCUT2D eigenvalue weighted by atomic mass is 16.5. The molecule has 1 amide bonds. The topological polar surface area (TPSA) is 91.2 Å². The second kappa shape index (κ2) is 4.27. The monoisotopic (exact) mass is 209 g/mol. The lowest BCUT2D eigenvalue weighted by molar-refractivity contribution is 0.0995. The van der Waals surface area contributed by atoms with E-state index in [2.05, 4.69) is 4.98 Å². The summed E-state index contributed by atoms with van der Waals surface area (Å²) in [5.74, 6) is -0.0372. The molecule has 15 heavy (non-hydrogen) atoms. The van der Waals surface area contributed by atoms with E-state index in [1.54, 1.807) is 6.07 Å². The van der Waals surface area contributed by atoms with Gasteiger partial charge in [0.25, 0.3) is 5.91 Å². The SMILES string of the molecule is CC(C)(N)COc1ccnc(C(N)=O)c1. The highest BCUT2D eigenvalue weighted by Gasteiger charge is 2.12. The van der Waals surface area contributed by atoms with E-state index in [9.17, 15) is 4.79 Å². The molecule has 0 aliphatic rings. The quantitative estimate of drug-likeness (QED) is 0.745. The molecule has 4 N–H and O–H groups in total. The van der Waals surface area contributed by atoms with Crippen LogP contribution in [0.25, 0.3) is 0 Å². The molecule has 0 spiro atoms. The Labute approximate surface area is 88.4 Å². The molecule has 5 nitrogen and oxygen atoms in total. The Kier molecular flexibility index (Phi) is 3.26. The average Bonchev–Trinajstić information content (AvgIpc) is 2.14. The van der Waals surface area contributed by atoms with E-state index >= 15 is 0 Å². The van der Waals surface area contributed by atoms with Crippen LogP contribution in [0, 0.1) is 0 Å². The number of carbonyl (C=O) groups excluding carboxylic acids is 1. The van der Waals surface area contributed by atoms with Crippen molar-refractivity contribution in [3.8, 4) is 5.75 Å². The predicted molar refractivity (Wildman–Crippen MR) is 56.5 cm³/mol. The van der Waals surface area contributed by atoms with E-state index in [1.165, 1.54) is 12.3 Å². The van der Waals surface area contributed by atoms with Crippen LogP contribution in [0.1, 0.15) is 24.3 Å². The smallest absolute Gasteiger partial charge is 0.267 e. The van der Waals surface area contributed by atoms with Crippen molar-refractivity contribution >= 4 is 5.91 Å². The molecular formula is C10H15N3O2. The molecule has 0 unspecified atom stereocenters. The first-order valence-electron chi connectivity index (χ1n) is 4.56. The van der Waals surface area contributed by atoms with Gasteiger partial charge in [-0.25, -0.2) is 0 Å². The highest BCUT2D eigenvalue weighted by Crippen LogP contribution is 2.12. The Morgan fingerprint density at radius 2 is 2.27 bits per heavy atom. The van der Waals surface area contributed by atoms with Crippen LogP contribution in [-0.4, -0.2) is 23.0 Å². The van der Waals surface area contributed by atoms with Gasteiger partial charge in [-0.2, -0.15) is 0 Å². The van der Waals surface area contributed by atoms with Crippen LogP contribution in [0.4, 0.5) is 0 Å². The van der Waals surface area contributed by atoms with E-state index in [0.29, 0.717) is 12.4 Å². The number of nitrogens with zero attached hydrogens (tertiary/aromatic N) is 1. The van der Waals surface area contributed by atoms with Crippen molar-refractivity contribution in [2.75, 3.05) is 6.61 Å². The number of hydrogen-bond donors (Lipinski definition) is 2. The zero-order valence-electron chi connectivity index (χ0n) is 8.86. The second-order valence-electron chi connectivity index (χ2n) is 4.02. The summed E-state index contributed by atoms with van der Waals surface area (Å²) < 4.78 is 5.39. The van der Waals surface area contributed by atoms with Crippen LogP contribution in [0.3, 0.4) is 0 Å². The van der Waals surface area contributed by atoms with Crippen molar-refractivity contribution in [3.05, 3.63) is 24.0 Å². The standard InChI is InChI=1S/C10H15N3O2/c1-10(2,12)6-15-7-3-4-13-8(5-7)9(11)14/h3-5H,6,12H2,1-2H3,(H2,11,14). The third-order valence-corrected chi connectivity index (χ3v) is 1.59. The van der Waals surface area contributed by atoms with Gasteiger partial charge in [-0.15, -0.1) is 0 Å². The Morgan fingerprint density at radius 1 is 1.60 bits per heavy atom. The molecule has 0 saturated heterocycles. The van der Waals surface area contributed by atoms with E-state index in [1.807, 2.05) is 13.8 Å². The van der Waals surface area contributed by atoms with Crippen LogP contribution in [0.2, 0.25) is 0 Å². The van der Waals surface area contributed by atoms with Gasteiger partial charge >= 0.3 is 0 Å². The third-order valence-electron chi connectivity index (χ3n) is 1.59. The zero-order valence-corrected chi connectivity index (χ0v) is 8.86. The summed E-state index contributed by atoms with van der Waals surface area (Å²) in [7, 11) is 0. The lowest BCUT2D eigenvalue weighted by Crippen LogP contribution is -2.38. The summed E-state index contributed by atoms with van der Waals surface area (Å²) in [4.78, 5) is 14.6. The number of aromatic nitrogens is 1. The maximum absolute atomic E-state index is 10.8. The number of amides is 1. The number of pyridine rings is 1. The molecule has 0 saturated carbocycles. The van der Waals surface area contributed by atoms with Gasteiger partial charge in [0.2, 0.25) is 0 Å². The van der Waals surface area contributed by atoms with Gasteiger partial charge in [0, 0.05) is 17.8 Å². The average molecular weight is 209 g/mol. The first-order valence-corrected chi connectivity index (χ1v) is 4.56. The number of nitrogens with two attached hydrogens (primary N) is 2. The van der Waals surface area contributed by atoms with Crippen LogP contribution in [0.15, 0.2) is 18.3 Å². The van der Waals surface area contributed by atoms with Crippen LogP contribution >= 0.6 is 0 Å². The van der Waals surface area contributed by atoms with Gasteiger partial charge < -0.3 is 16.2 Å². The van der Waals surface area contributed by atoms with Crippen molar-refractivity contribution in [1.29, 1.82) is 0 Å². The lowest BCUT2D eigenvalue weighted by atomic mass is 10.1. The molecule has 1 aromatic heterocycles. The molecule has 0 aliphatic carbocycles. The summed E-state index contributed by atoms with van der Waals surface area (Å²) in [5.41, 5.74) is 10.6. The van der Waals surface area contributed by atoms with Crippen molar-refractivity contribution in [3.63, 3.8) is 0 Å². The van der Waals surface area contributed by atoms with Gasteiger partial charge in [0.15, 0.2) is 0 Å². The van der Waals surface area contributed by atoms with Gasteiger partial charge in [-0.1, -0.05) is 0 Å². The number of primary amides is 1. The largest absolute Gasteiger partial charge is 0.492 e. The lowest BCUT2D eigenvalue weighted by Gasteiger charge is -2.18. The van der Waals surface area contributed by atoms with Crippen LogP contribution < -0.4 is 16.2 Å². The van der Waals surface area contributed by atoms with Gasteiger partial charge in [-0.05, 0) is 19.9 Å². The molecule has 82 valence electrons. The van der Waals surface area contributed by atoms with E-state index < -0.39 is 11.4 Å². The molecule has 1 heterocycles. The minimum atomic E-state index is -0.576. The van der Waals surface area contributed by atoms with Gasteiger partial charge in [0.05, 0.1) is 0 Å². The molecular weight excluding hydrogens is 194 g/mol. The molecule has 1 aromatic rings. The van der Waals surface area contributed by atoms with E-state index in [4.69, 9.17) is 16.2 Å². The molecule has 0 aromatic carbocycles. The van der Waals surface area contributed by atoms with Crippen molar-refractivity contribution in [1.82, 2.24) is 4.98 Å². The summed E-state index contributed by atoms with van der Waals surface area (Å²) in [6.45, 7) is 4.06. The Hall–Kier alpha value is -1.62. The maximum Gasteiger partial charge on any atom is 0.267 e. The summed E-state index contributed by atoms with van der Waals surface area (Å²) >= 11 is 0. The van der Waals surface area contributed by atoms with Crippen molar-refractivity contribution < 1.29 is 9.53 Å². The Balaban J connectivity index is 2.70. The van der Waals surface area contributed by atoms with Crippen LogP contribution in [-0.2, 0) is 0 Å². The molecule has 0 aliphatic heterocycles. The first-order chi connectivity index (χ1) is 6.88. The van der Waals surface area contributed by atoms with E-state index in [0.717, 1.165) is 0 Å². The molecule has 0 atom stereocenters. The highest BCUT2D eigenvalue weighted by molar-refractivity contribution is 5.91. The van der Waals surface area contributed by atoms with Crippen molar-refractivity contribution in [2.24, 2.45) is 11.5 Å². The minimum absolute atomic E-state index is 0.183. The minimum Gasteiger partial charge on any atom is -0.492 e. The number of hydrogen-bond acceptors (Lipinski definition) is 4.